The van der Waals surface area contributed by atoms with Crippen molar-refractivity contribution in [3.05, 3.63) is 30.3 Å². The standard InChI is InChI=1S/C8H10FOPS/c1-2-10-11(9,12)8-6-4-3-5-7-8/h3-7H,2H2,1H3. The van der Waals surface area contributed by atoms with Gasteiger partial charge in [0.1, 0.15) is 0 Å². The highest BCUT2D eigenvalue weighted by molar-refractivity contribution is 8.13. The van der Waals surface area contributed by atoms with Crippen molar-refractivity contribution in [1.82, 2.24) is 0 Å². The predicted molar refractivity (Wildman–Crippen MR) is 53.1 cm³/mol. The van der Waals surface area contributed by atoms with E-state index < -0.39 is 6.58 Å². The summed E-state index contributed by atoms with van der Waals surface area (Å²) in [4.78, 5) is 0. The second-order valence-electron chi connectivity index (χ2n) is 2.23. The monoisotopic (exact) mass is 204 g/mol. The van der Waals surface area contributed by atoms with Gasteiger partial charge in [-0.05, 0) is 30.9 Å². The van der Waals surface area contributed by atoms with Crippen molar-refractivity contribution in [2.75, 3.05) is 6.61 Å². The van der Waals surface area contributed by atoms with E-state index in [9.17, 15) is 4.20 Å². The Kier molecular flexibility index (Phi) is 3.39. The molecule has 1 atom stereocenters. The molecule has 12 heavy (non-hydrogen) atoms. The van der Waals surface area contributed by atoms with Crippen LogP contribution in [0.15, 0.2) is 30.3 Å². The minimum atomic E-state index is -3.21. The van der Waals surface area contributed by atoms with Crippen LogP contribution in [0, 0.1) is 0 Å². The molecule has 4 heteroatoms. The van der Waals surface area contributed by atoms with E-state index in [-0.39, 0.29) is 0 Å². The largest absolute Gasteiger partial charge is 0.323 e. The predicted octanol–water partition coefficient (Wildman–Crippen LogP) is 2.63. The van der Waals surface area contributed by atoms with Crippen LogP contribution in [0.25, 0.3) is 0 Å². The molecule has 0 fully saturated rings. The zero-order chi connectivity index (χ0) is 9.03. The minimum Gasteiger partial charge on any atom is -0.323 e. The quantitative estimate of drug-likeness (QED) is 0.700. The lowest BCUT2D eigenvalue weighted by molar-refractivity contribution is 0.360. The maximum absolute atomic E-state index is 13.5. The third-order valence-electron chi connectivity index (χ3n) is 1.36. The van der Waals surface area contributed by atoms with Crippen LogP contribution >= 0.6 is 6.58 Å². The molecule has 0 radical (unpaired) electrons. The van der Waals surface area contributed by atoms with Gasteiger partial charge in [0.2, 0.25) is 0 Å². The van der Waals surface area contributed by atoms with Crippen molar-refractivity contribution in [3.8, 4) is 0 Å². The minimum absolute atomic E-state index is 0.322. The molecular formula is C8H10FOPS. The van der Waals surface area contributed by atoms with E-state index in [0.717, 1.165) is 0 Å². The van der Waals surface area contributed by atoms with Crippen molar-refractivity contribution in [3.63, 3.8) is 0 Å². The molecule has 0 aliphatic rings. The van der Waals surface area contributed by atoms with E-state index in [0.29, 0.717) is 11.9 Å². The molecule has 1 aromatic rings. The molecule has 1 unspecified atom stereocenters. The Balaban J connectivity index is 2.90. The van der Waals surface area contributed by atoms with Gasteiger partial charge in [0, 0.05) is 5.30 Å². The molecule has 0 aliphatic carbocycles. The van der Waals surface area contributed by atoms with Crippen LogP contribution in [-0.2, 0) is 16.3 Å². The molecule has 0 amide bonds. The van der Waals surface area contributed by atoms with Crippen LogP contribution in [0.2, 0.25) is 0 Å². The van der Waals surface area contributed by atoms with Gasteiger partial charge in [0.15, 0.2) is 0 Å². The van der Waals surface area contributed by atoms with Crippen molar-refractivity contribution in [2.45, 2.75) is 6.92 Å². The van der Waals surface area contributed by atoms with Gasteiger partial charge in [0.05, 0.1) is 6.61 Å². The van der Waals surface area contributed by atoms with Crippen molar-refractivity contribution in [2.24, 2.45) is 0 Å². The van der Waals surface area contributed by atoms with Gasteiger partial charge >= 0.3 is 0 Å². The van der Waals surface area contributed by atoms with Gasteiger partial charge in [0.25, 0.3) is 6.58 Å². The summed E-state index contributed by atoms with van der Waals surface area (Å²) in [5.41, 5.74) is 0. The van der Waals surface area contributed by atoms with E-state index in [2.05, 4.69) is 0 Å². The second kappa shape index (κ2) is 4.13. The molecule has 0 aromatic heterocycles. The molecule has 1 aromatic carbocycles. The lowest BCUT2D eigenvalue weighted by Crippen LogP contribution is -2.02. The molecule has 66 valence electrons. The Labute approximate surface area is 76.8 Å². The fourth-order valence-corrected chi connectivity index (χ4v) is 2.54. The Morgan fingerprint density at radius 2 is 2.00 bits per heavy atom. The molecule has 0 spiro atoms. The smallest absolute Gasteiger partial charge is 0.261 e. The topological polar surface area (TPSA) is 9.23 Å². The Hall–Kier alpha value is -0.240. The third kappa shape index (κ3) is 2.37. The molecule has 0 N–H and O–H groups in total. The van der Waals surface area contributed by atoms with E-state index in [1.165, 1.54) is 0 Å². The summed E-state index contributed by atoms with van der Waals surface area (Å²) < 4.78 is 18.4. The Bertz CT molecular complexity index is 288. The summed E-state index contributed by atoms with van der Waals surface area (Å²) in [6.45, 7) is -1.15. The fourth-order valence-electron chi connectivity index (χ4n) is 0.847. The highest BCUT2D eigenvalue weighted by atomic mass is 32.5. The molecule has 0 heterocycles. The lowest BCUT2D eigenvalue weighted by atomic mass is 10.4. The van der Waals surface area contributed by atoms with Crippen LogP contribution < -0.4 is 5.30 Å². The molecule has 0 saturated heterocycles. The van der Waals surface area contributed by atoms with Crippen LogP contribution in [-0.4, -0.2) is 6.61 Å². The number of benzene rings is 1. The average molecular weight is 204 g/mol. The average Bonchev–Trinajstić information content (AvgIpc) is 2.06. The first-order chi connectivity index (χ1) is 5.67. The summed E-state index contributed by atoms with van der Waals surface area (Å²) >= 11 is 4.73. The van der Waals surface area contributed by atoms with E-state index in [1.54, 1.807) is 31.2 Å². The van der Waals surface area contributed by atoms with Gasteiger partial charge in [-0.25, -0.2) is 0 Å². The maximum atomic E-state index is 13.5. The van der Waals surface area contributed by atoms with E-state index in [1.807, 2.05) is 6.07 Å². The first-order valence-electron chi connectivity index (χ1n) is 3.66. The van der Waals surface area contributed by atoms with Gasteiger partial charge in [-0.3, -0.25) is 0 Å². The number of hydrogen-bond donors (Lipinski definition) is 0. The summed E-state index contributed by atoms with van der Waals surface area (Å²) in [6.07, 6.45) is 0. The summed E-state index contributed by atoms with van der Waals surface area (Å²) in [5, 5.41) is 0.488. The molecular weight excluding hydrogens is 194 g/mol. The van der Waals surface area contributed by atoms with Crippen LogP contribution in [0.5, 0.6) is 0 Å². The fraction of sp³-hybridized carbons (Fsp3) is 0.250. The van der Waals surface area contributed by atoms with Crippen molar-refractivity contribution in [1.29, 1.82) is 0 Å². The zero-order valence-electron chi connectivity index (χ0n) is 6.74. The Morgan fingerprint density at radius 1 is 1.42 bits per heavy atom. The van der Waals surface area contributed by atoms with Crippen LogP contribution in [0.1, 0.15) is 6.92 Å². The van der Waals surface area contributed by atoms with Gasteiger partial charge in [-0.1, -0.05) is 18.2 Å². The molecule has 0 saturated carbocycles. The van der Waals surface area contributed by atoms with Crippen molar-refractivity contribution < 1.29 is 8.72 Å². The summed E-state index contributed by atoms with van der Waals surface area (Å²) in [6, 6.07) is 8.67. The SMILES string of the molecule is CCOP(F)(=S)c1ccccc1. The van der Waals surface area contributed by atoms with Crippen LogP contribution in [0.3, 0.4) is 0 Å². The normalized spacial score (nSPS) is 15.5. The van der Waals surface area contributed by atoms with E-state index >= 15 is 0 Å². The van der Waals surface area contributed by atoms with Gasteiger partial charge in [-0.2, -0.15) is 4.20 Å². The molecule has 1 nitrogen and oxygen atoms in total. The first-order valence-corrected chi connectivity index (χ1v) is 6.28. The Morgan fingerprint density at radius 3 is 2.50 bits per heavy atom. The van der Waals surface area contributed by atoms with Gasteiger partial charge < -0.3 is 4.52 Å². The van der Waals surface area contributed by atoms with Crippen LogP contribution in [0.4, 0.5) is 4.20 Å². The first kappa shape index (κ1) is 9.85. The van der Waals surface area contributed by atoms with Crippen molar-refractivity contribution >= 4 is 23.7 Å². The zero-order valence-corrected chi connectivity index (χ0v) is 8.45. The highest BCUT2D eigenvalue weighted by Crippen LogP contribution is 2.47. The molecule has 0 aliphatic heterocycles. The second-order valence-corrected chi connectivity index (χ2v) is 5.38. The van der Waals surface area contributed by atoms with E-state index in [4.69, 9.17) is 16.3 Å². The molecule has 1 rings (SSSR count). The number of rotatable bonds is 3. The maximum Gasteiger partial charge on any atom is 0.261 e. The highest BCUT2D eigenvalue weighted by Gasteiger charge is 2.17. The van der Waals surface area contributed by atoms with Gasteiger partial charge in [-0.15, -0.1) is 0 Å². The summed E-state index contributed by atoms with van der Waals surface area (Å²) in [5.74, 6) is 0. The summed E-state index contributed by atoms with van der Waals surface area (Å²) in [7, 11) is 0. The third-order valence-corrected chi connectivity index (χ3v) is 3.81. The number of halogens is 1. The lowest BCUT2D eigenvalue weighted by Gasteiger charge is -2.11. The number of hydrogen-bond acceptors (Lipinski definition) is 2. The molecule has 0 bridgehead atoms.